The van der Waals surface area contributed by atoms with Gasteiger partial charge in [-0.1, -0.05) is 5.16 Å². The van der Waals surface area contributed by atoms with Crippen LogP contribution in [0.25, 0.3) is 11.5 Å². The van der Waals surface area contributed by atoms with E-state index in [0.29, 0.717) is 48.9 Å². The van der Waals surface area contributed by atoms with Crippen LogP contribution < -0.4 is 4.74 Å². The molecule has 168 valence electrons. The van der Waals surface area contributed by atoms with Gasteiger partial charge in [-0.15, -0.1) is 13.2 Å². The minimum absolute atomic E-state index is 0.0894. The number of piperidine rings is 1. The third kappa shape index (κ3) is 5.58. The van der Waals surface area contributed by atoms with Gasteiger partial charge < -0.3 is 18.9 Å². The van der Waals surface area contributed by atoms with E-state index in [0.717, 1.165) is 12.1 Å². The minimum Gasteiger partial charge on any atom is -0.406 e. The second-order valence-corrected chi connectivity index (χ2v) is 6.98. The first kappa shape index (κ1) is 21.7. The summed E-state index contributed by atoms with van der Waals surface area (Å²) in [5, 5.41) is 3.85. The molecule has 0 saturated carbocycles. The van der Waals surface area contributed by atoms with E-state index < -0.39 is 6.36 Å². The Balaban J connectivity index is 1.24. The minimum atomic E-state index is -4.77. The van der Waals surface area contributed by atoms with Gasteiger partial charge in [0.1, 0.15) is 18.1 Å². The van der Waals surface area contributed by atoms with Gasteiger partial charge in [-0.05, 0) is 37.1 Å². The quantitative estimate of drug-likeness (QED) is 0.565. The molecule has 32 heavy (non-hydrogen) atoms. The average molecular weight is 449 g/mol. The van der Waals surface area contributed by atoms with Gasteiger partial charge >= 0.3 is 6.36 Å². The molecule has 1 saturated heterocycles. The van der Waals surface area contributed by atoms with E-state index in [1.54, 1.807) is 11.1 Å². The monoisotopic (exact) mass is 449 g/mol. The highest BCUT2D eigenvalue weighted by molar-refractivity contribution is 5.94. The van der Waals surface area contributed by atoms with Crippen molar-refractivity contribution in [3.63, 3.8) is 0 Å². The van der Waals surface area contributed by atoms with Crippen LogP contribution in [0.4, 0.5) is 13.2 Å². The number of rotatable bonds is 6. The second kappa shape index (κ2) is 9.30. The van der Waals surface area contributed by atoms with Crippen molar-refractivity contribution in [1.29, 1.82) is 0 Å². The molecule has 0 bridgehead atoms. The van der Waals surface area contributed by atoms with Crippen LogP contribution in [0.5, 0.6) is 5.75 Å². The summed E-state index contributed by atoms with van der Waals surface area (Å²) < 4.78 is 51.6. The number of carbonyl (C=O) groups excluding carboxylic acids is 1. The number of hydrogen-bond acceptors (Lipinski definition) is 8. The Hall–Kier alpha value is -3.54. The summed E-state index contributed by atoms with van der Waals surface area (Å²) in [6.45, 7) is 1.05. The van der Waals surface area contributed by atoms with E-state index in [4.69, 9.17) is 9.26 Å². The second-order valence-electron chi connectivity index (χ2n) is 6.98. The molecule has 0 aliphatic carbocycles. The van der Waals surface area contributed by atoms with E-state index in [2.05, 4.69) is 24.8 Å². The molecule has 0 atom stereocenters. The zero-order chi connectivity index (χ0) is 22.6. The maximum Gasteiger partial charge on any atom is 0.573 e. The summed E-state index contributed by atoms with van der Waals surface area (Å²) in [7, 11) is 0. The molecular weight excluding hydrogens is 431 g/mol. The molecule has 0 N–H and O–H groups in total. The van der Waals surface area contributed by atoms with Gasteiger partial charge in [0.05, 0.1) is 12.3 Å². The zero-order valence-corrected chi connectivity index (χ0v) is 16.7. The van der Waals surface area contributed by atoms with Crippen LogP contribution >= 0.6 is 0 Å². The van der Waals surface area contributed by atoms with Crippen molar-refractivity contribution in [3.8, 4) is 17.3 Å². The highest BCUT2D eigenvalue weighted by atomic mass is 19.4. The van der Waals surface area contributed by atoms with E-state index in [9.17, 15) is 18.0 Å². The maximum absolute atomic E-state index is 12.6. The van der Waals surface area contributed by atoms with Gasteiger partial charge in [0.2, 0.25) is 5.82 Å². The fourth-order valence-corrected chi connectivity index (χ4v) is 3.23. The molecule has 0 unspecified atom stereocenters. The van der Waals surface area contributed by atoms with Gasteiger partial charge in [-0.25, -0.2) is 4.98 Å². The number of likely N-dealkylation sites (tertiary alicyclic amines) is 1. The van der Waals surface area contributed by atoms with Crippen molar-refractivity contribution in [2.75, 3.05) is 13.1 Å². The Labute approximate surface area is 180 Å². The summed E-state index contributed by atoms with van der Waals surface area (Å²) in [4.78, 5) is 26.5. The maximum atomic E-state index is 12.6. The molecule has 0 spiro atoms. The number of hydrogen-bond donors (Lipinski definition) is 0. The molecule has 1 aliphatic rings. The van der Waals surface area contributed by atoms with Gasteiger partial charge in [0.25, 0.3) is 11.8 Å². The molecule has 12 heteroatoms. The number of benzene rings is 1. The molecule has 1 fully saturated rings. The van der Waals surface area contributed by atoms with Gasteiger partial charge in [0, 0.05) is 31.0 Å². The van der Waals surface area contributed by atoms with E-state index >= 15 is 0 Å². The first-order chi connectivity index (χ1) is 15.4. The van der Waals surface area contributed by atoms with Crippen LogP contribution in [0.15, 0.2) is 47.4 Å². The molecule has 1 aromatic carbocycles. The average Bonchev–Trinajstić information content (AvgIpc) is 3.27. The van der Waals surface area contributed by atoms with Crippen LogP contribution in [0.2, 0.25) is 0 Å². The first-order valence-electron chi connectivity index (χ1n) is 9.73. The number of alkyl halides is 3. The Morgan fingerprint density at radius 1 is 1.16 bits per heavy atom. The van der Waals surface area contributed by atoms with Crippen molar-refractivity contribution in [1.82, 2.24) is 25.0 Å². The SMILES string of the molecule is O=C(c1ccc(OC(F)(F)F)cc1)N1CCC(OCc2nc(-c3cnccn3)no2)CC1. The van der Waals surface area contributed by atoms with Gasteiger partial charge in [0.15, 0.2) is 0 Å². The van der Waals surface area contributed by atoms with Gasteiger partial charge in [-0.3, -0.25) is 9.78 Å². The number of carbonyl (C=O) groups is 1. The molecule has 2 aromatic heterocycles. The highest BCUT2D eigenvalue weighted by Crippen LogP contribution is 2.24. The van der Waals surface area contributed by atoms with Crippen LogP contribution in [0, 0.1) is 0 Å². The molecule has 9 nitrogen and oxygen atoms in total. The van der Waals surface area contributed by atoms with Crippen LogP contribution in [0.3, 0.4) is 0 Å². The molecular formula is C20H18F3N5O4. The predicted molar refractivity (Wildman–Crippen MR) is 102 cm³/mol. The third-order valence-electron chi connectivity index (χ3n) is 4.77. The lowest BCUT2D eigenvalue weighted by atomic mass is 10.1. The largest absolute Gasteiger partial charge is 0.573 e. The molecule has 3 aromatic rings. The topological polar surface area (TPSA) is 103 Å². The molecule has 0 radical (unpaired) electrons. The van der Waals surface area contributed by atoms with Crippen molar-refractivity contribution >= 4 is 5.91 Å². The lowest BCUT2D eigenvalue weighted by molar-refractivity contribution is -0.274. The third-order valence-corrected chi connectivity index (χ3v) is 4.77. The lowest BCUT2D eigenvalue weighted by Gasteiger charge is -2.31. The zero-order valence-electron chi connectivity index (χ0n) is 16.7. The van der Waals surface area contributed by atoms with Crippen LogP contribution in [-0.2, 0) is 11.3 Å². The van der Waals surface area contributed by atoms with E-state index in [1.807, 2.05) is 0 Å². The van der Waals surface area contributed by atoms with Crippen molar-refractivity contribution in [3.05, 3.63) is 54.3 Å². The van der Waals surface area contributed by atoms with Crippen LogP contribution in [-0.4, -0.2) is 56.5 Å². The number of nitrogens with zero attached hydrogens (tertiary/aromatic N) is 5. The molecule has 3 heterocycles. The number of ether oxygens (including phenoxy) is 2. The number of amides is 1. The Morgan fingerprint density at radius 3 is 2.56 bits per heavy atom. The van der Waals surface area contributed by atoms with Crippen molar-refractivity contribution in [2.24, 2.45) is 0 Å². The summed E-state index contributed by atoms with van der Waals surface area (Å²) in [5.74, 6) is 0.00580. The van der Waals surface area contributed by atoms with E-state index in [1.165, 1.54) is 24.5 Å². The molecule has 1 aliphatic heterocycles. The fraction of sp³-hybridized carbons (Fsp3) is 0.350. The standard InChI is InChI=1S/C20H18F3N5O4/c21-20(22,23)31-15-3-1-13(2-4-15)19(29)28-9-5-14(6-10-28)30-12-17-26-18(27-32-17)16-11-24-7-8-25-16/h1-4,7-8,11,14H,5-6,9-10,12H2. The Bertz CT molecular complexity index is 1040. The van der Waals surface area contributed by atoms with Crippen molar-refractivity contribution < 1.29 is 32.0 Å². The summed E-state index contributed by atoms with van der Waals surface area (Å²) in [5.41, 5.74) is 0.786. The van der Waals surface area contributed by atoms with Gasteiger partial charge in [-0.2, -0.15) is 4.98 Å². The van der Waals surface area contributed by atoms with Crippen molar-refractivity contribution in [2.45, 2.75) is 31.9 Å². The Kier molecular flexibility index (Phi) is 6.30. The molecule has 1 amide bonds. The normalized spacial score (nSPS) is 15.0. The number of halogens is 3. The smallest absolute Gasteiger partial charge is 0.406 e. The summed E-state index contributed by atoms with van der Waals surface area (Å²) in [6.07, 6.45) is 0.945. The van der Waals surface area contributed by atoms with Crippen LogP contribution in [0.1, 0.15) is 29.1 Å². The predicted octanol–water partition coefficient (Wildman–Crippen LogP) is 3.25. The lowest BCUT2D eigenvalue weighted by Crippen LogP contribution is -2.40. The number of aromatic nitrogens is 4. The first-order valence-corrected chi connectivity index (χ1v) is 9.73. The summed E-state index contributed by atoms with van der Waals surface area (Å²) >= 11 is 0. The summed E-state index contributed by atoms with van der Waals surface area (Å²) in [6, 6.07) is 4.87. The fourth-order valence-electron chi connectivity index (χ4n) is 3.23. The molecule has 4 rings (SSSR count). The highest BCUT2D eigenvalue weighted by Gasteiger charge is 2.31. The Morgan fingerprint density at radius 2 is 1.91 bits per heavy atom. The van der Waals surface area contributed by atoms with E-state index in [-0.39, 0.29) is 24.4 Å².